The topological polar surface area (TPSA) is 43.7 Å². The molecule has 2 N–H and O–H groups in total. The molecule has 2 unspecified atom stereocenters. The van der Waals surface area contributed by atoms with Crippen LogP contribution in [-0.4, -0.2) is 46.5 Å². The molecule has 0 aromatic carbocycles. The number of aliphatic hydroxyl groups is 2. The molecule has 1 fully saturated rings. The zero-order valence-electron chi connectivity index (χ0n) is 8.61. The molecule has 0 aromatic rings. The Morgan fingerprint density at radius 1 is 1.08 bits per heavy atom. The summed E-state index contributed by atoms with van der Waals surface area (Å²) in [5, 5.41) is 19.5. The van der Waals surface area contributed by atoms with Crippen molar-refractivity contribution in [1.82, 2.24) is 4.90 Å². The van der Waals surface area contributed by atoms with E-state index in [0.717, 1.165) is 32.4 Å². The monoisotopic (exact) mass is 187 g/mol. The minimum atomic E-state index is -0.344. The first-order valence-corrected chi connectivity index (χ1v) is 5.30. The first kappa shape index (κ1) is 11.0. The molecule has 1 saturated carbocycles. The van der Waals surface area contributed by atoms with E-state index in [2.05, 4.69) is 18.7 Å². The fourth-order valence-electron chi connectivity index (χ4n) is 2.27. The van der Waals surface area contributed by atoms with Gasteiger partial charge in [-0.05, 0) is 32.4 Å². The molecular weight excluding hydrogens is 166 g/mol. The highest BCUT2D eigenvalue weighted by Gasteiger charge is 2.33. The highest BCUT2D eigenvalue weighted by atomic mass is 16.3. The highest BCUT2D eigenvalue weighted by Crippen LogP contribution is 2.23. The van der Waals surface area contributed by atoms with Gasteiger partial charge in [0.15, 0.2) is 0 Å². The third-order valence-corrected chi connectivity index (χ3v) is 3.02. The Kier molecular flexibility index (Phi) is 4.16. The fourth-order valence-corrected chi connectivity index (χ4v) is 2.27. The largest absolute Gasteiger partial charge is 0.391 e. The molecule has 1 aliphatic carbocycles. The van der Waals surface area contributed by atoms with Crippen LogP contribution < -0.4 is 0 Å². The second-order valence-corrected chi connectivity index (χ2v) is 3.78. The standard InChI is InChI=1S/C10H21NO2/c1-3-11(4-2)10-8(12)6-5-7-9(10)13/h8-10,12-13H,3-7H2,1-2H3. The summed E-state index contributed by atoms with van der Waals surface area (Å²) in [6.07, 6.45) is 1.92. The van der Waals surface area contributed by atoms with Gasteiger partial charge in [-0.2, -0.15) is 0 Å². The summed E-state index contributed by atoms with van der Waals surface area (Å²) < 4.78 is 0. The van der Waals surface area contributed by atoms with Crippen molar-refractivity contribution in [2.45, 2.75) is 51.4 Å². The molecule has 3 nitrogen and oxygen atoms in total. The van der Waals surface area contributed by atoms with Crippen LogP contribution in [0.2, 0.25) is 0 Å². The molecule has 0 amide bonds. The Balaban J connectivity index is 2.60. The van der Waals surface area contributed by atoms with E-state index in [0.29, 0.717) is 0 Å². The molecule has 13 heavy (non-hydrogen) atoms. The average molecular weight is 187 g/mol. The smallest absolute Gasteiger partial charge is 0.0720 e. The highest BCUT2D eigenvalue weighted by molar-refractivity contribution is 4.88. The van der Waals surface area contributed by atoms with Crippen molar-refractivity contribution in [3.8, 4) is 0 Å². The predicted octanol–water partition coefficient (Wildman–Crippen LogP) is 0.602. The maximum Gasteiger partial charge on any atom is 0.0720 e. The Labute approximate surface area is 80.4 Å². The van der Waals surface area contributed by atoms with Crippen molar-refractivity contribution in [3.05, 3.63) is 0 Å². The van der Waals surface area contributed by atoms with Crippen molar-refractivity contribution in [3.63, 3.8) is 0 Å². The maximum absolute atomic E-state index is 9.77. The summed E-state index contributed by atoms with van der Waals surface area (Å²) in [6.45, 7) is 5.93. The summed E-state index contributed by atoms with van der Waals surface area (Å²) >= 11 is 0. The van der Waals surface area contributed by atoms with E-state index in [1.807, 2.05) is 0 Å². The van der Waals surface area contributed by atoms with Crippen LogP contribution >= 0.6 is 0 Å². The van der Waals surface area contributed by atoms with E-state index in [9.17, 15) is 10.2 Å². The van der Waals surface area contributed by atoms with Crippen LogP contribution in [-0.2, 0) is 0 Å². The van der Waals surface area contributed by atoms with Gasteiger partial charge in [-0.15, -0.1) is 0 Å². The molecule has 1 rings (SSSR count). The summed E-state index contributed by atoms with van der Waals surface area (Å²) in [4.78, 5) is 2.15. The number of hydrogen-bond donors (Lipinski definition) is 2. The minimum Gasteiger partial charge on any atom is -0.391 e. The summed E-state index contributed by atoms with van der Waals surface area (Å²) in [7, 11) is 0. The number of aliphatic hydroxyl groups excluding tert-OH is 2. The van der Waals surface area contributed by atoms with Crippen molar-refractivity contribution in [2.24, 2.45) is 0 Å². The first-order chi connectivity index (χ1) is 6.20. The number of hydrogen-bond acceptors (Lipinski definition) is 3. The Morgan fingerprint density at radius 2 is 1.54 bits per heavy atom. The summed E-state index contributed by atoms with van der Waals surface area (Å²) in [5.41, 5.74) is 0. The second-order valence-electron chi connectivity index (χ2n) is 3.78. The lowest BCUT2D eigenvalue weighted by Gasteiger charge is -2.39. The van der Waals surface area contributed by atoms with E-state index in [4.69, 9.17) is 0 Å². The molecule has 0 spiro atoms. The Bertz CT molecular complexity index is 138. The van der Waals surface area contributed by atoms with Crippen LogP contribution in [0.5, 0.6) is 0 Å². The van der Waals surface area contributed by atoms with Gasteiger partial charge in [-0.25, -0.2) is 0 Å². The van der Waals surface area contributed by atoms with Crippen molar-refractivity contribution >= 4 is 0 Å². The predicted molar refractivity (Wildman–Crippen MR) is 52.6 cm³/mol. The minimum absolute atomic E-state index is 0.0382. The van der Waals surface area contributed by atoms with E-state index >= 15 is 0 Å². The van der Waals surface area contributed by atoms with Gasteiger partial charge in [-0.3, -0.25) is 4.90 Å². The van der Waals surface area contributed by atoms with Crippen LogP contribution in [0.4, 0.5) is 0 Å². The van der Waals surface area contributed by atoms with Crippen LogP contribution in [0.15, 0.2) is 0 Å². The maximum atomic E-state index is 9.77. The fraction of sp³-hybridized carbons (Fsp3) is 1.00. The van der Waals surface area contributed by atoms with E-state index in [1.165, 1.54) is 0 Å². The Hall–Kier alpha value is -0.120. The van der Waals surface area contributed by atoms with Gasteiger partial charge in [-0.1, -0.05) is 13.8 Å². The SMILES string of the molecule is CCN(CC)C1C(O)CCCC1O. The zero-order valence-corrected chi connectivity index (χ0v) is 8.61. The van der Waals surface area contributed by atoms with Gasteiger partial charge < -0.3 is 10.2 Å². The molecule has 0 heterocycles. The third kappa shape index (κ3) is 2.42. The summed E-state index contributed by atoms with van der Waals surface area (Å²) in [6, 6.07) is -0.0382. The lowest BCUT2D eigenvalue weighted by molar-refractivity contribution is -0.0529. The lowest BCUT2D eigenvalue weighted by atomic mass is 9.89. The first-order valence-electron chi connectivity index (χ1n) is 5.30. The number of rotatable bonds is 3. The quantitative estimate of drug-likeness (QED) is 0.680. The second kappa shape index (κ2) is 4.94. The molecule has 3 heteroatoms. The van der Waals surface area contributed by atoms with Crippen LogP contribution in [0.3, 0.4) is 0 Å². The van der Waals surface area contributed by atoms with Crippen LogP contribution in [0.25, 0.3) is 0 Å². The molecule has 0 radical (unpaired) electrons. The van der Waals surface area contributed by atoms with E-state index in [-0.39, 0.29) is 18.2 Å². The van der Waals surface area contributed by atoms with Gasteiger partial charge in [0.25, 0.3) is 0 Å². The van der Waals surface area contributed by atoms with Gasteiger partial charge in [0.2, 0.25) is 0 Å². The molecular formula is C10H21NO2. The van der Waals surface area contributed by atoms with E-state index in [1.54, 1.807) is 0 Å². The molecule has 0 saturated heterocycles. The van der Waals surface area contributed by atoms with Crippen molar-refractivity contribution < 1.29 is 10.2 Å². The lowest BCUT2D eigenvalue weighted by Crippen LogP contribution is -2.53. The molecule has 0 aliphatic heterocycles. The zero-order chi connectivity index (χ0) is 9.84. The van der Waals surface area contributed by atoms with Crippen LogP contribution in [0, 0.1) is 0 Å². The van der Waals surface area contributed by atoms with Gasteiger partial charge >= 0.3 is 0 Å². The van der Waals surface area contributed by atoms with Crippen molar-refractivity contribution in [2.75, 3.05) is 13.1 Å². The molecule has 0 aromatic heterocycles. The molecule has 78 valence electrons. The summed E-state index contributed by atoms with van der Waals surface area (Å²) in [5.74, 6) is 0. The van der Waals surface area contributed by atoms with Gasteiger partial charge in [0.1, 0.15) is 0 Å². The molecule has 1 aliphatic rings. The van der Waals surface area contributed by atoms with Crippen molar-refractivity contribution in [1.29, 1.82) is 0 Å². The number of likely N-dealkylation sites (N-methyl/N-ethyl adjacent to an activating group) is 1. The van der Waals surface area contributed by atoms with Crippen LogP contribution in [0.1, 0.15) is 33.1 Å². The number of nitrogens with zero attached hydrogens (tertiary/aromatic N) is 1. The molecule has 0 bridgehead atoms. The normalized spacial score (nSPS) is 35.3. The molecule has 2 atom stereocenters. The van der Waals surface area contributed by atoms with E-state index < -0.39 is 0 Å². The Morgan fingerprint density at radius 3 is 1.92 bits per heavy atom. The third-order valence-electron chi connectivity index (χ3n) is 3.02. The average Bonchev–Trinajstić information content (AvgIpc) is 2.11. The van der Waals surface area contributed by atoms with Gasteiger partial charge in [0.05, 0.1) is 18.2 Å². The van der Waals surface area contributed by atoms with Gasteiger partial charge in [0, 0.05) is 0 Å².